The number of pyridine rings is 2. The number of aromatic nitrogens is 3. The average Bonchev–Trinajstić information content (AvgIpc) is 3.31. The number of hydrogen-bond acceptors (Lipinski definition) is 7. The van der Waals surface area contributed by atoms with Crippen molar-refractivity contribution in [2.75, 3.05) is 18.5 Å². The van der Waals surface area contributed by atoms with Crippen molar-refractivity contribution in [2.45, 2.75) is 25.0 Å². The lowest BCUT2D eigenvalue weighted by Crippen LogP contribution is -2.36. The van der Waals surface area contributed by atoms with E-state index in [1.165, 1.54) is 18.3 Å². The maximum atomic E-state index is 13.8. The van der Waals surface area contributed by atoms with Gasteiger partial charge in [-0.05, 0) is 43.2 Å². The first-order chi connectivity index (χ1) is 16.6. The predicted octanol–water partition coefficient (Wildman–Crippen LogP) is 4.07. The van der Waals surface area contributed by atoms with Crippen molar-refractivity contribution < 1.29 is 23.8 Å². The van der Waals surface area contributed by atoms with E-state index in [2.05, 4.69) is 20.3 Å². The summed E-state index contributed by atoms with van der Waals surface area (Å²) in [6.07, 6.45) is 6.15. The number of hydrogen-bond donors (Lipinski definition) is 3. The van der Waals surface area contributed by atoms with Crippen LogP contribution in [0.1, 0.15) is 28.9 Å². The second kappa shape index (κ2) is 9.58. The predicted molar refractivity (Wildman–Crippen MR) is 124 cm³/mol. The van der Waals surface area contributed by atoms with Gasteiger partial charge in [0.25, 0.3) is 0 Å². The Balaban J connectivity index is 1.37. The van der Waals surface area contributed by atoms with Gasteiger partial charge in [0.15, 0.2) is 11.6 Å². The summed E-state index contributed by atoms with van der Waals surface area (Å²) >= 11 is 0. The number of rotatable bonds is 7. The van der Waals surface area contributed by atoms with Gasteiger partial charge in [-0.2, -0.15) is 0 Å². The van der Waals surface area contributed by atoms with Gasteiger partial charge in [-0.3, -0.25) is 4.79 Å². The molecule has 2 atom stereocenters. The fourth-order valence-corrected chi connectivity index (χ4v) is 4.01. The zero-order chi connectivity index (χ0) is 23.5. The Bertz CT molecular complexity index is 1300. The van der Waals surface area contributed by atoms with E-state index >= 15 is 0 Å². The van der Waals surface area contributed by atoms with E-state index in [-0.39, 0.29) is 36.0 Å². The van der Waals surface area contributed by atoms with Crippen LogP contribution in [0.3, 0.4) is 0 Å². The van der Waals surface area contributed by atoms with E-state index in [4.69, 9.17) is 9.47 Å². The van der Waals surface area contributed by atoms with Crippen LogP contribution in [0.5, 0.6) is 11.5 Å². The van der Waals surface area contributed by atoms with Crippen molar-refractivity contribution >= 4 is 22.5 Å². The van der Waals surface area contributed by atoms with Crippen LogP contribution in [-0.4, -0.2) is 51.2 Å². The van der Waals surface area contributed by atoms with Crippen molar-refractivity contribution in [1.29, 1.82) is 0 Å². The van der Waals surface area contributed by atoms with Crippen LogP contribution in [0.2, 0.25) is 0 Å². The SMILES string of the molecule is O=C(c1ccc(Oc2ccccc2F)cn1)c1c[nH]c2nccc(N[C@@H]3CC[C@@H](CO)OC3)c12. The summed E-state index contributed by atoms with van der Waals surface area (Å²) in [6, 6.07) is 11.1. The molecule has 174 valence electrons. The van der Waals surface area contributed by atoms with Gasteiger partial charge in [0.1, 0.15) is 17.1 Å². The van der Waals surface area contributed by atoms with Crippen molar-refractivity contribution in [3.8, 4) is 11.5 Å². The van der Waals surface area contributed by atoms with E-state index in [0.29, 0.717) is 29.0 Å². The number of ether oxygens (including phenoxy) is 2. The molecule has 0 bridgehead atoms. The van der Waals surface area contributed by atoms with Gasteiger partial charge in [-0.15, -0.1) is 0 Å². The number of nitrogens with one attached hydrogen (secondary N) is 2. The molecule has 9 heteroatoms. The molecule has 1 aliphatic rings. The molecule has 4 heterocycles. The summed E-state index contributed by atoms with van der Waals surface area (Å²) in [5.41, 5.74) is 2.01. The molecule has 3 aromatic heterocycles. The van der Waals surface area contributed by atoms with Crippen molar-refractivity contribution in [2.24, 2.45) is 0 Å². The summed E-state index contributed by atoms with van der Waals surface area (Å²) in [5.74, 6) is -0.355. The third-order valence-corrected chi connectivity index (χ3v) is 5.79. The number of para-hydroxylation sites is 1. The molecular weight excluding hydrogens is 439 g/mol. The van der Waals surface area contributed by atoms with E-state index in [1.54, 1.807) is 36.7 Å². The van der Waals surface area contributed by atoms with Gasteiger partial charge < -0.3 is 24.9 Å². The van der Waals surface area contributed by atoms with E-state index in [9.17, 15) is 14.3 Å². The van der Waals surface area contributed by atoms with Gasteiger partial charge in [0.2, 0.25) is 5.78 Å². The highest BCUT2D eigenvalue weighted by Crippen LogP contribution is 2.29. The molecule has 3 N–H and O–H groups in total. The van der Waals surface area contributed by atoms with Crippen LogP contribution in [0, 0.1) is 5.82 Å². The largest absolute Gasteiger partial charge is 0.453 e. The number of H-pyrrole nitrogens is 1. The van der Waals surface area contributed by atoms with E-state index in [1.807, 2.05) is 6.07 Å². The number of nitrogens with zero attached hydrogens (tertiary/aromatic N) is 2. The van der Waals surface area contributed by atoms with E-state index in [0.717, 1.165) is 18.5 Å². The smallest absolute Gasteiger partial charge is 0.213 e. The number of ketones is 1. The second-order valence-electron chi connectivity index (χ2n) is 8.08. The summed E-state index contributed by atoms with van der Waals surface area (Å²) in [6.45, 7) is 0.480. The van der Waals surface area contributed by atoms with Gasteiger partial charge in [0.05, 0.1) is 36.5 Å². The molecule has 8 nitrogen and oxygen atoms in total. The molecule has 1 aromatic carbocycles. The number of halogens is 1. The molecular formula is C25H23FN4O4. The lowest BCUT2D eigenvalue weighted by atomic mass is 10.0. The average molecular weight is 462 g/mol. The molecule has 1 fully saturated rings. The molecule has 0 saturated carbocycles. The third-order valence-electron chi connectivity index (χ3n) is 5.79. The highest BCUT2D eigenvalue weighted by atomic mass is 19.1. The Kier molecular flexibility index (Phi) is 6.20. The maximum Gasteiger partial charge on any atom is 0.213 e. The Hall–Kier alpha value is -3.82. The summed E-state index contributed by atoms with van der Waals surface area (Å²) < 4.78 is 25.0. The molecule has 0 unspecified atom stereocenters. The van der Waals surface area contributed by atoms with Crippen molar-refractivity contribution in [3.63, 3.8) is 0 Å². The Morgan fingerprint density at radius 2 is 2.09 bits per heavy atom. The van der Waals surface area contributed by atoms with Crippen LogP contribution in [0.15, 0.2) is 61.1 Å². The summed E-state index contributed by atoms with van der Waals surface area (Å²) in [5, 5.41) is 13.4. The topological polar surface area (TPSA) is 109 Å². The first kappa shape index (κ1) is 22.0. The third kappa shape index (κ3) is 4.48. The minimum atomic E-state index is -0.482. The lowest BCUT2D eigenvalue weighted by Gasteiger charge is -2.29. The second-order valence-corrected chi connectivity index (χ2v) is 8.08. The standard InChI is InChI=1S/C25H23FN4O4/c26-19-3-1-2-4-22(19)34-16-7-8-21(28-11-16)24(32)18-12-29-25-23(18)20(9-10-27-25)30-15-5-6-17(13-31)33-14-15/h1-4,7-12,15,17,31H,5-6,13-14H2,(H2,27,29,30)/t15-,17+/m1/s1. The van der Waals surface area contributed by atoms with Crippen molar-refractivity contribution in [3.05, 3.63) is 78.1 Å². The van der Waals surface area contributed by atoms with E-state index < -0.39 is 5.82 Å². The molecule has 4 aromatic rings. The molecule has 1 aliphatic heterocycles. The fourth-order valence-electron chi connectivity index (χ4n) is 4.01. The monoisotopic (exact) mass is 462 g/mol. The van der Waals surface area contributed by atoms with Gasteiger partial charge in [0, 0.05) is 24.1 Å². The summed E-state index contributed by atoms with van der Waals surface area (Å²) in [7, 11) is 0. The molecule has 1 saturated heterocycles. The highest BCUT2D eigenvalue weighted by molar-refractivity contribution is 6.17. The number of aliphatic hydroxyl groups excluding tert-OH is 1. The fraction of sp³-hybridized carbons (Fsp3) is 0.240. The van der Waals surface area contributed by atoms with Crippen LogP contribution in [0.4, 0.5) is 10.1 Å². The number of carbonyl (C=O) groups is 1. The van der Waals surface area contributed by atoms with Crippen LogP contribution >= 0.6 is 0 Å². The zero-order valence-corrected chi connectivity index (χ0v) is 18.2. The zero-order valence-electron chi connectivity index (χ0n) is 18.2. The normalized spacial score (nSPS) is 18.1. The molecule has 5 rings (SSSR count). The molecule has 0 spiro atoms. The lowest BCUT2D eigenvalue weighted by molar-refractivity contribution is -0.0223. The quantitative estimate of drug-likeness (QED) is 0.355. The minimum Gasteiger partial charge on any atom is -0.453 e. The molecule has 0 amide bonds. The first-order valence-electron chi connectivity index (χ1n) is 11.0. The number of aromatic amines is 1. The number of fused-ring (bicyclic) bond motifs is 1. The van der Waals surface area contributed by atoms with Crippen LogP contribution in [0.25, 0.3) is 11.0 Å². The number of benzene rings is 1. The Morgan fingerprint density at radius 1 is 1.21 bits per heavy atom. The number of carbonyl (C=O) groups excluding carboxylic acids is 1. The van der Waals surface area contributed by atoms with Crippen LogP contribution in [-0.2, 0) is 4.74 Å². The first-order valence-corrected chi connectivity index (χ1v) is 11.0. The number of anilines is 1. The Morgan fingerprint density at radius 3 is 2.82 bits per heavy atom. The van der Waals surface area contributed by atoms with Gasteiger partial charge in [-0.25, -0.2) is 14.4 Å². The van der Waals surface area contributed by atoms with Gasteiger partial charge in [-0.1, -0.05) is 12.1 Å². The summed E-state index contributed by atoms with van der Waals surface area (Å²) in [4.78, 5) is 24.9. The Labute approximate surface area is 194 Å². The maximum absolute atomic E-state index is 13.8. The number of aliphatic hydroxyl groups is 1. The highest BCUT2D eigenvalue weighted by Gasteiger charge is 2.24. The van der Waals surface area contributed by atoms with Crippen molar-refractivity contribution in [1.82, 2.24) is 15.0 Å². The van der Waals surface area contributed by atoms with Gasteiger partial charge >= 0.3 is 0 Å². The molecule has 0 radical (unpaired) electrons. The molecule has 34 heavy (non-hydrogen) atoms. The minimum absolute atomic E-state index is 0.0137. The molecule has 0 aliphatic carbocycles. The van der Waals surface area contributed by atoms with Crippen LogP contribution < -0.4 is 10.1 Å².